The van der Waals surface area contributed by atoms with Gasteiger partial charge in [0.25, 0.3) is 5.56 Å². The van der Waals surface area contributed by atoms with Crippen molar-refractivity contribution in [1.82, 2.24) is 14.5 Å². The van der Waals surface area contributed by atoms with Crippen LogP contribution in [0.25, 0.3) is 10.2 Å². The molecule has 0 saturated heterocycles. The summed E-state index contributed by atoms with van der Waals surface area (Å²) in [5.41, 5.74) is 5.82. The third-order valence-electron chi connectivity index (χ3n) is 4.55. The molecule has 0 atom stereocenters. The molecular formula is C15H22N4O2S. The Morgan fingerprint density at radius 1 is 1.36 bits per heavy atom. The number of aryl methyl sites for hydroxylation is 2. The van der Waals surface area contributed by atoms with Gasteiger partial charge in [-0.05, 0) is 32.3 Å². The standard InChI is InChI=1S/C15H22N4O2S/c1-9-10(8-17-7-6-16)22-13-11(9)12(20)19(14(21)18(13)3)15(2)4-5-15/h17H,4-8,16H2,1-3H3. The van der Waals surface area contributed by atoms with E-state index in [1.165, 1.54) is 15.9 Å². The second kappa shape index (κ2) is 5.33. The molecule has 0 aromatic carbocycles. The molecular weight excluding hydrogens is 300 g/mol. The van der Waals surface area contributed by atoms with Crippen LogP contribution in [0.1, 0.15) is 30.2 Å². The van der Waals surface area contributed by atoms with E-state index in [2.05, 4.69) is 5.32 Å². The van der Waals surface area contributed by atoms with Crippen LogP contribution in [-0.2, 0) is 19.1 Å². The third-order valence-corrected chi connectivity index (χ3v) is 5.92. The molecule has 0 amide bonds. The maximum absolute atomic E-state index is 12.9. The Balaban J connectivity index is 2.21. The van der Waals surface area contributed by atoms with Crippen LogP contribution in [0.2, 0.25) is 0 Å². The first-order chi connectivity index (χ1) is 10.4. The van der Waals surface area contributed by atoms with Crippen LogP contribution in [0.4, 0.5) is 0 Å². The Labute approximate surface area is 132 Å². The van der Waals surface area contributed by atoms with Crippen LogP contribution < -0.4 is 22.3 Å². The molecule has 1 aliphatic rings. The fourth-order valence-corrected chi connectivity index (χ4v) is 4.04. The van der Waals surface area contributed by atoms with Crippen LogP contribution in [0.15, 0.2) is 9.59 Å². The van der Waals surface area contributed by atoms with Gasteiger partial charge in [0, 0.05) is 31.6 Å². The van der Waals surface area contributed by atoms with Crippen molar-refractivity contribution in [3.63, 3.8) is 0 Å². The van der Waals surface area contributed by atoms with Crippen LogP contribution in [0.5, 0.6) is 0 Å². The molecule has 3 N–H and O–H groups in total. The molecule has 1 fully saturated rings. The molecule has 0 bridgehead atoms. The molecule has 0 aliphatic heterocycles. The molecule has 3 rings (SSSR count). The van der Waals surface area contributed by atoms with E-state index in [1.807, 2.05) is 13.8 Å². The third kappa shape index (κ3) is 2.24. The largest absolute Gasteiger partial charge is 0.332 e. The van der Waals surface area contributed by atoms with Crippen molar-refractivity contribution >= 4 is 21.6 Å². The highest BCUT2D eigenvalue weighted by molar-refractivity contribution is 7.18. The molecule has 7 heteroatoms. The quantitative estimate of drug-likeness (QED) is 0.791. The van der Waals surface area contributed by atoms with Crippen molar-refractivity contribution in [2.24, 2.45) is 12.8 Å². The van der Waals surface area contributed by atoms with Crippen LogP contribution >= 0.6 is 11.3 Å². The number of hydrogen-bond donors (Lipinski definition) is 2. The van der Waals surface area contributed by atoms with E-state index >= 15 is 0 Å². The monoisotopic (exact) mass is 322 g/mol. The minimum Gasteiger partial charge on any atom is -0.329 e. The molecule has 2 aromatic rings. The van der Waals surface area contributed by atoms with Crippen molar-refractivity contribution < 1.29 is 0 Å². The number of fused-ring (bicyclic) bond motifs is 1. The van der Waals surface area contributed by atoms with Gasteiger partial charge in [-0.25, -0.2) is 4.79 Å². The first-order valence-electron chi connectivity index (χ1n) is 7.56. The summed E-state index contributed by atoms with van der Waals surface area (Å²) in [4.78, 5) is 27.3. The van der Waals surface area contributed by atoms with Gasteiger partial charge in [0.2, 0.25) is 0 Å². The Kier molecular flexibility index (Phi) is 3.74. The molecule has 0 radical (unpaired) electrons. The molecule has 1 aliphatic carbocycles. The lowest BCUT2D eigenvalue weighted by atomic mass is 10.2. The van der Waals surface area contributed by atoms with Crippen LogP contribution in [0, 0.1) is 6.92 Å². The van der Waals surface area contributed by atoms with Crippen molar-refractivity contribution in [2.45, 2.75) is 38.8 Å². The number of rotatable bonds is 5. The van der Waals surface area contributed by atoms with Gasteiger partial charge < -0.3 is 11.1 Å². The first-order valence-corrected chi connectivity index (χ1v) is 8.37. The van der Waals surface area contributed by atoms with Crippen molar-refractivity contribution in [3.05, 3.63) is 31.3 Å². The number of thiophene rings is 1. The summed E-state index contributed by atoms with van der Waals surface area (Å²) < 4.78 is 3.07. The number of hydrogen-bond acceptors (Lipinski definition) is 5. The highest BCUT2D eigenvalue weighted by atomic mass is 32.1. The summed E-state index contributed by atoms with van der Waals surface area (Å²) in [6, 6.07) is 0. The molecule has 0 unspecified atom stereocenters. The zero-order chi connectivity index (χ0) is 16.1. The van der Waals surface area contributed by atoms with E-state index < -0.39 is 0 Å². The maximum Gasteiger partial charge on any atom is 0.332 e. The van der Waals surface area contributed by atoms with Gasteiger partial charge in [-0.2, -0.15) is 0 Å². The summed E-state index contributed by atoms with van der Waals surface area (Å²) >= 11 is 1.52. The average Bonchev–Trinajstić information content (AvgIpc) is 3.11. The highest BCUT2D eigenvalue weighted by Crippen LogP contribution is 2.41. The van der Waals surface area contributed by atoms with Crippen molar-refractivity contribution in [1.29, 1.82) is 0 Å². The fraction of sp³-hybridized carbons (Fsp3) is 0.600. The lowest BCUT2D eigenvalue weighted by Crippen LogP contribution is -2.43. The summed E-state index contributed by atoms with van der Waals surface area (Å²) in [5.74, 6) is 0. The highest BCUT2D eigenvalue weighted by Gasteiger charge is 2.42. The Morgan fingerprint density at radius 2 is 2.05 bits per heavy atom. The van der Waals surface area contributed by atoms with E-state index in [1.54, 1.807) is 11.6 Å². The minimum absolute atomic E-state index is 0.142. The molecule has 2 heterocycles. The second-order valence-electron chi connectivity index (χ2n) is 6.27. The summed E-state index contributed by atoms with van der Waals surface area (Å²) in [6.45, 7) is 5.92. The lowest BCUT2D eigenvalue weighted by Gasteiger charge is -2.14. The number of aromatic nitrogens is 2. The van der Waals surface area contributed by atoms with Gasteiger partial charge in [-0.1, -0.05) is 0 Å². The minimum atomic E-state index is -0.299. The Bertz CT molecular complexity index is 842. The normalized spacial score (nSPS) is 16.4. The second-order valence-corrected chi connectivity index (χ2v) is 7.36. The summed E-state index contributed by atoms with van der Waals surface area (Å²) in [7, 11) is 1.75. The topological polar surface area (TPSA) is 82.1 Å². The van der Waals surface area contributed by atoms with E-state index in [9.17, 15) is 9.59 Å². The number of nitrogens with two attached hydrogens (primary N) is 1. The number of nitrogens with one attached hydrogen (secondary N) is 1. The molecule has 0 spiro atoms. The molecule has 1 saturated carbocycles. The maximum atomic E-state index is 12.9. The predicted octanol–water partition coefficient (Wildman–Crippen LogP) is 0.627. The molecule has 6 nitrogen and oxygen atoms in total. The zero-order valence-electron chi connectivity index (χ0n) is 13.2. The van der Waals surface area contributed by atoms with Gasteiger partial charge in [0.15, 0.2) is 0 Å². The Hall–Kier alpha value is -1.44. The van der Waals surface area contributed by atoms with E-state index in [4.69, 9.17) is 5.73 Å². The summed E-state index contributed by atoms with van der Waals surface area (Å²) in [5, 5.41) is 3.94. The van der Waals surface area contributed by atoms with Crippen LogP contribution in [-0.4, -0.2) is 22.2 Å². The van der Waals surface area contributed by atoms with Gasteiger partial charge in [0.1, 0.15) is 4.83 Å². The smallest absolute Gasteiger partial charge is 0.329 e. The van der Waals surface area contributed by atoms with Crippen molar-refractivity contribution in [2.75, 3.05) is 13.1 Å². The van der Waals surface area contributed by atoms with Crippen molar-refractivity contribution in [3.8, 4) is 0 Å². The zero-order valence-corrected chi connectivity index (χ0v) is 14.0. The predicted molar refractivity (Wildman–Crippen MR) is 89.7 cm³/mol. The van der Waals surface area contributed by atoms with Crippen LogP contribution in [0.3, 0.4) is 0 Å². The van der Waals surface area contributed by atoms with Gasteiger partial charge in [-0.3, -0.25) is 13.9 Å². The number of nitrogens with zero attached hydrogens (tertiary/aromatic N) is 2. The van der Waals surface area contributed by atoms with Gasteiger partial charge >= 0.3 is 5.69 Å². The van der Waals surface area contributed by atoms with Gasteiger partial charge in [-0.15, -0.1) is 11.3 Å². The Morgan fingerprint density at radius 3 is 2.64 bits per heavy atom. The van der Waals surface area contributed by atoms with Gasteiger partial charge in [0.05, 0.1) is 10.9 Å². The molecule has 22 heavy (non-hydrogen) atoms. The van der Waals surface area contributed by atoms with E-state index in [0.717, 1.165) is 34.7 Å². The summed E-state index contributed by atoms with van der Waals surface area (Å²) in [6.07, 6.45) is 1.78. The average molecular weight is 322 g/mol. The SMILES string of the molecule is Cc1c(CNCCN)sc2c1c(=O)n(C1(C)CC1)c(=O)n2C. The first kappa shape index (κ1) is 15.5. The fourth-order valence-electron chi connectivity index (χ4n) is 2.82. The molecule has 2 aromatic heterocycles. The lowest BCUT2D eigenvalue weighted by molar-refractivity contribution is 0.477. The van der Waals surface area contributed by atoms with E-state index in [0.29, 0.717) is 18.5 Å². The van der Waals surface area contributed by atoms with E-state index in [-0.39, 0.29) is 16.8 Å². The molecule has 120 valence electrons.